The molecule has 1 aromatic rings. The molecule has 0 aliphatic rings. The summed E-state index contributed by atoms with van der Waals surface area (Å²) in [6, 6.07) is 3.36. The van der Waals surface area contributed by atoms with Gasteiger partial charge in [0, 0.05) is 4.47 Å². The standard InChI is InChI=1S/C15H20BrNO4/c1-6-20-13(18)12(14(19)21-15(3,4)5)11-8-7-10(16)9(2)17-11/h7-8,12H,6H2,1-5H3. The van der Waals surface area contributed by atoms with Gasteiger partial charge < -0.3 is 9.47 Å². The van der Waals surface area contributed by atoms with Crippen LogP contribution in [0.25, 0.3) is 0 Å². The number of carbonyl (C=O) groups excluding carboxylic acids is 2. The van der Waals surface area contributed by atoms with Crippen LogP contribution in [-0.2, 0) is 19.1 Å². The molecule has 0 spiro atoms. The molecule has 1 aromatic heterocycles. The molecule has 1 rings (SSSR count). The minimum absolute atomic E-state index is 0.188. The molecule has 6 heteroatoms. The Labute approximate surface area is 133 Å². The van der Waals surface area contributed by atoms with E-state index >= 15 is 0 Å². The van der Waals surface area contributed by atoms with E-state index in [9.17, 15) is 9.59 Å². The highest BCUT2D eigenvalue weighted by molar-refractivity contribution is 9.10. The molecule has 116 valence electrons. The topological polar surface area (TPSA) is 65.5 Å². The fourth-order valence-corrected chi connectivity index (χ4v) is 1.87. The van der Waals surface area contributed by atoms with Crippen molar-refractivity contribution in [2.45, 2.75) is 46.1 Å². The van der Waals surface area contributed by atoms with Gasteiger partial charge in [0.1, 0.15) is 5.60 Å². The predicted molar refractivity (Wildman–Crippen MR) is 81.9 cm³/mol. The largest absolute Gasteiger partial charge is 0.465 e. The van der Waals surface area contributed by atoms with Crippen LogP contribution in [0.15, 0.2) is 16.6 Å². The molecule has 0 radical (unpaired) electrons. The number of rotatable bonds is 4. The van der Waals surface area contributed by atoms with Crippen LogP contribution in [-0.4, -0.2) is 29.1 Å². The number of aromatic nitrogens is 1. The summed E-state index contributed by atoms with van der Waals surface area (Å²) >= 11 is 3.34. The summed E-state index contributed by atoms with van der Waals surface area (Å²) in [5.74, 6) is -2.48. The first-order valence-electron chi connectivity index (χ1n) is 6.68. The lowest BCUT2D eigenvalue weighted by molar-refractivity contribution is -0.164. The normalized spacial score (nSPS) is 12.7. The SMILES string of the molecule is CCOC(=O)C(C(=O)OC(C)(C)C)c1ccc(Br)c(C)n1. The molecule has 0 N–H and O–H groups in total. The fraction of sp³-hybridized carbons (Fsp3) is 0.533. The van der Waals surface area contributed by atoms with Crippen molar-refractivity contribution in [2.24, 2.45) is 0 Å². The van der Waals surface area contributed by atoms with E-state index in [1.165, 1.54) is 0 Å². The molecule has 5 nitrogen and oxygen atoms in total. The number of pyridine rings is 1. The maximum Gasteiger partial charge on any atom is 0.327 e. The molecule has 1 atom stereocenters. The van der Waals surface area contributed by atoms with Crippen molar-refractivity contribution in [1.29, 1.82) is 0 Å². The van der Waals surface area contributed by atoms with E-state index in [4.69, 9.17) is 9.47 Å². The average molecular weight is 358 g/mol. The molecular weight excluding hydrogens is 338 g/mol. The molecule has 0 aliphatic carbocycles. The van der Waals surface area contributed by atoms with Gasteiger partial charge in [-0.15, -0.1) is 0 Å². The molecule has 0 saturated heterocycles. The van der Waals surface area contributed by atoms with Crippen LogP contribution in [0, 0.1) is 6.92 Å². The first kappa shape index (κ1) is 17.6. The maximum absolute atomic E-state index is 12.3. The van der Waals surface area contributed by atoms with Gasteiger partial charge in [-0.25, -0.2) is 0 Å². The van der Waals surface area contributed by atoms with E-state index in [1.807, 2.05) is 0 Å². The van der Waals surface area contributed by atoms with E-state index in [-0.39, 0.29) is 6.61 Å². The van der Waals surface area contributed by atoms with Crippen LogP contribution in [0.2, 0.25) is 0 Å². The van der Waals surface area contributed by atoms with Gasteiger partial charge >= 0.3 is 11.9 Å². The number of esters is 2. The Kier molecular flexibility index (Phi) is 5.89. The Morgan fingerprint density at radius 1 is 1.29 bits per heavy atom. The van der Waals surface area contributed by atoms with Crippen molar-refractivity contribution in [3.8, 4) is 0 Å². The van der Waals surface area contributed by atoms with Gasteiger partial charge in [-0.3, -0.25) is 14.6 Å². The van der Waals surface area contributed by atoms with E-state index in [0.29, 0.717) is 11.4 Å². The Morgan fingerprint density at radius 3 is 2.38 bits per heavy atom. The zero-order valence-electron chi connectivity index (χ0n) is 12.9. The Bertz CT molecular complexity index is 537. The van der Waals surface area contributed by atoms with Crippen molar-refractivity contribution in [2.75, 3.05) is 6.61 Å². The van der Waals surface area contributed by atoms with Crippen LogP contribution in [0.1, 0.15) is 45.0 Å². The number of aryl methyl sites for hydroxylation is 1. The predicted octanol–water partition coefficient (Wildman–Crippen LogP) is 3.14. The van der Waals surface area contributed by atoms with E-state index in [1.54, 1.807) is 46.8 Å². The van der Waals surface area contributed by atoms with E-state index in [0.717, 1.165) is 4.47 Å². The third-order valence-electron chi connectivity index (χ3n) is 2.50. The molecule has 0 bridgehead atoms. The molecule has 0 aromatic carbocycles. The number of carbonyl (C=O) groups is 2. The summed E-state index contributed by atoms with van der Waals surface area (Å²) in [6.45, 7) is 8.89. The quantitative estimate of drug-likeness (QED) is 0.611. The summed E-state index contributed by atoms with van der Waals surface area (Å²) in [4.78, 5) is 28.7. The van der Waals surface area contributed by atoms with Gasteiger partial charge in [0.15, 0.2) is 5.92 Å². The van der Waals surface area contributed by atoms with Gasteiger partial charge in [0.2, 0.25) is 0 Å². The van der Waals surface area contributed by atoms with Crippen molar-refractivity contribution in [3.63, 3.8) is 0 Å². The Hall–Kier alpha value is -1.43. The number of hydrogen-bond donors (Lipinski definition) is 0. The zero-order chi connectivity index (χ0) is 16.2. The van der Waals surface area contributed by atoms with E-state index in [2.05, 4.69) is 20.9 Å². The monoisotopic (exact) mass is 357 g/mol. The third-order valence-corrected chi connectivity index (χ3v) is 3.34. The van der Waals surface area contributed by atoms with Crippen LogP contribution >= 0.6 is 15.9 Å². The minimum atomic E-state index is -1.17. The van der Waals surface area contributed by atoms with Gasteiger partial charge in [-0.2, -0.15) is 0 Å². The fourth-order valence-electron chi connectivity index (χ4n) is 1.65. The van der Waals surface area contributed by atoms with Crippen molar-refractivity contribution in [3.05, 3.63) is 28.0 Å². The van der Waals surface area contributed by atoms with E-state index < -0.39 is 23.5 Å². The highest BCUT2D eigenvalue weighted by Gasteiger charge is 2.35. The van der Waals surface area contributed by atoms with Gasteiger partial charge in [-0.1, -0.05) is 0 Å². The van der Waals surface area contributed by atoms with Crippen molar-refractivity contribution < 1.29 is 19.1 Å². The minimum Gasteiger partial charge on any atom is -0.465 e. The summed E-state index contributed by atoms with van der Waals surface area (Å²) < 4.78 is 11.1. The summed E-state index contributed by atoms with van der Waals surface area (Å²) in [6.07, 6.45) is 0. The smallest absolute Gasteiger partial charge is 0.327 e. The molecule has 1 heterocycles. The molecule has 21 heavy (non-hydrogen) atoms. The van der Waals surface area contributed by atoms with Gasteiger partial charge in [-0.05, 0) is 62.7 Å². The highest BCUT2D eigenvalue weighted by Crippen LogP contribution is 2.24. The molecule has 0 fully saturated rings. The van der Waals surface area contributed by atoms with Crippen LogP contribution in [0.3, 0.4) is 0 Å². The molecule has 0 saturated carbocycles. The second-order valence-corrected chi connectivity index (χ2v) is 6.38. The zero-order valence-corrected chi connectivity index (χ0v) is 14.5. The number of ether oxygens (including phenoxy) is 2. The van der Waals surface area contributed by atoms with Crippen LogP contribution < -0.4 is 0 Å². The molecule has 0 aliphatic heterocycles. The number of nitrogens with zero attached hydrogens (tertiary/aromatic N) is 1. The molecular formula is C15H20BrNO4. The maximum atomic E-state index is 12.3. The first-order valence-corrected chi connectivity index (χ1v) is 7.47. The Morgan fingerprint density at radius 2 is 1.90 bits per heavy atom. The van der Waals surface area contributed by atoms with Gasteiger partial charge in [0.05, 0.1) is 18.0 Å². The third kappa shape index (κ3) is 5.12. The van der Waals surface area contributed by atoms with Gasteiger partial charge in [0.25, 0.3) is 0 Å². The summed E-state index contributed by atoms with van der Waals surface area (Å²) in [5.41, 5.74) is 0.320. The van der Waals surface area contributed by atoms with Crippen molar-refractivity contribution >= 4 is 27.9 Å². The summed E-state index contributed by atoms with van der Waals surface area (Å²) in [5, 5.41) is 0. The van der Waals surface area contributed by atoms with Crippen LogP contribution in [0.5, 0.6) is 0 Å². The number of halogens is 1. The Balaban J connectivity index is 3.15. The lowest BCUT2D eigenvalue weighted by atomic mass is 10.0. The van der Waals surface area contributed by atoms with Crippen LogP contribution in [0.4, 0.5) is 0 Å². The average Bonchev–Trinajstić information content (AvgIpc) is 2.32. The number of hydrogen-bond acceptors (Lipinski definition) is 5. The lowest BCUT2D eigenvalue weighted by Gasteiger charge is -2.23. The van der Waals surface area contributed by atoms with Crippen molar-refractivity contribution in [1.82, 2.24) is 4.98 Å². The second kappa shape index (κ2) is 7.02. The second-order valence-electron chi connectivity index (χ2n) is 5.52. The molecule has 0 amide bonds. The lowest BCUT2D eigenvalue weighted by Crippen LogP contribution is -2.33. The summed E-state index contributed by atoms with van der Waals surface area (Å²) in [7, 11) is 0. The highest BCUT2D eigenvalue weighted by atomic mass is 79.9. The molecule has 1 unspecified atom stereocenters. The first-order chi connectivity index (χ1) is 9.65.